The summed E-state index contributed by atoms with van der Waals surface area (Å²) >= 11 is 3.54. The third-order valence-electron chi connectivity index (χ3n) is 4.50. The number of aromatic nitrogens is 3. The molecule has 8 nitrogen and oxygen atoms in total. The van der Waals surface area contributed by atoms with Gasteiger partial charge in [0, 0.05) is 42.2 Å². The van der Waals surface area contributed by atoms with Gasteiger partial charge in [0.2, 0.25) is 5.88 Å². The number of likely N-dealkylation sites (N-methyl/N-ethyl adjacent to an activating group) is 1. The van der Waals surface area contributed by atoms with Gasteiger partial charge in [-0.1, -0.05) is 22.0 Å². The van der Waals surface area contributed by atoms with Crippen LogP contribution in [0.1, 0.15) is 0 Å². The number of anilines is 2. The maximum absolute atomic E-state index is 6.27. The second-order valence-electron chi connectivity index (χ2n) is 6.39. The molecule has 1 saturated heterocycles. The van der Waals surface area contributed by atoms with Gasteiger partial charge in [0.25, 0.3) is 0 Å². The number of fused-ring (bicyclic) bond motifs is 1. The summed E-state index contributed by atoms with van der Waals surface area (Å²) in [5.74, 6) is 1.43. The molecule has 1 aliphatic rings. The van der Waals surface area contributed by atoms with Crippen molar-refractivity contribution in [2.75, 3.05) is 44.4 Å². The van der Waals surface area contributed by atoms with Crippen molar-refractivity contribution in [2.45, 2.75) is 0 Å². The van der Waals surface area contributed by atoms with Gasteiger partial charge in [-0.05, 0) is 25.2 Å². The number of piperazine rings is 1. The Balaban J connectivity index is 1.59. The predicted octanol–water partition coefficient (Wildman–Crippen LogP) is 2.74. The Hall–Kier alpha value is -2.49. The molecule has 1 aromatic carbocycles. The van der Waals surface area contributed by atoms with Crippen molar-refractivity contribution >= 4 is 38.3 Å². The molecule has 140 valence electrons. The molecule has 1 aliphatic heterocycles. The Morgan fingerprint density at radius 1 is 1.11 bits per heavy atom. The van der Waals surface area contributed by atoms with E-state index in [1.54, 1.807) is 6.20 Å². The molecule has 27 heavy (non-hydrogen) atoms. The molecule has 2 aromatic heterocycles. The summed E-state index contributed by atoms with van der Waals surface area (Å²) < 4.78 is 6.95. The lowest BCUT2D eigenvalue weighted by molar-refractivity contribution is 0.178. The van der Waals surface area contributed by atoms with Crippen LogP contribution in [-0.4, -0.2) is 58.1 Å². The summed E-state index contributed by atoms with van der Waals surface area (Å²) in [6, 6.07) is 7.62. The number of nitrogen functional groups attached to an aromatic ring is 1. The van der Waals surface area contributed by atoms with Gasteiger partial charge < -0.3 is 20.8 Å². The maximum atomic E-state index is 6.27. The fourth-order valence-corrected chi connectivity index (χ4v) is 3.37. The number of pyridine rings is 1. The van der Waals surface area contributed by atoms with E-state index in [1.807, 2.05) is 24.3 Å². The van der Waals surface area contributed by atoms with Crippen molar-refractivity contribution < 1.29 is 4.74 Å². The number of nitrogens with zero attached hydrogens (tertiary/aromatic N) is 5. The fraction of sp³-hybridized carbons (Fsp3) is 0.278. The third kappa shape index (κ3) is 3.80. The van der Waals surface area contributed by atoms with E-state index in [1.165, 1.54) is 6.33 Å². The Kier molecular flexibility index (Phi) is 5.06. The molecule has 0 aliphatic carbocycles. The lowest BCUT2D eigenvalue weighted by Gasteiger charge is -2.32. The summed E-state index contributed by atoms with van der Waals surface area (Å²) in [6.07, 6.45) is 3.17. The van der Waals surface area contributed by atoms with Gasteiger partial charge >= 0.3 is 0 Å². The van der Waals surface area contributed by atoms with Gasteiger partial charge in [-0.15, -0.1) is 0 Å². The summed E-state index contributed by atoms with van der Waals surface area (Å²) in [5, 5.41) is 3.05. The Morgan fingerprint density at radius 3 is 2.74 bits per heavy atom. The van der Waals surface area contributed by atoms with Gasteiger partial charge in [-0.25, -0.2) is 9.99 Å². The first-order valence-electron chi connectivity index (χ1n) is 8.63. The number of benzene rings is 1. The SMILES string of the molecule is CN1CCN(Nc2ncnc(Oc3ccc(Br)c4cccnc34)c2N)CC1. The monoisotopic (exact) mass is 429 g/mol. The van der Waals surface area contributed by atoms with Crippen molar-refractivity contribution in [2.24, 2.45) is 0 Å². The first-order chi connectivity index (χ1) is 13.1. The van der Waals surface area contributed by atoms with Gasteiger partial charge in [0.1, 0.15) is 17.5 Å². The fourth-order valence-electron chi connectivity index (χ4n) is 2.92. The van der Waals surface area contributed by atoms with E-state index in [2.05, 4.69) is 53.3 Å². The average Bonchev–Trinajstić information content (AvgIpc) is 2.69. The number of ether oxygens (including phenoxy) is 1. The van der Waals surface area contributed by atoms with Crippen molar-refractivity contribution in [1.29, 1.82) is 0 Å². The van der Waals surface area contributed by atoms with Crippen LogP contribution in [0.2, 0.25) is 0 Å². The Morgan fingerprint density at radius 2 is 1.93 bits per heavy atom. The van der Waals surface area contributed by atoms with E-state index in [9.17, 15) is 0 Å². The first-order valence-corrected chi connectivity index (χ1v) is 9.43. The van der Waals surface area contributed by atoms with Crippen molar-refractivity contribution in [3.8, 4) is 11.6 Å². The first kappa shape index (κ1) is 17.9. The number of halogens is 1. The smallest absolute Gasteiger partial charge is 0.248 e. The van der Waals surface area contributed by atoms with E-state index in [4.69, 9.17) is 10.5 Å². The predicted molar refractivity (Wildman–Crippen MR) is 109 cm³/mol. The van der Waals surface area contributed by atoms with Crippen LogP contribution in [0.4, 0.5) is 11.5 Å². The zero-order chi connectivity index (χ0) is 18.8. The van der Waals surface area contributed by atoms with Crippen LogP contribution in [-0.2, 0) is 0 Å². The molecule has 1 fully saturated rings. The second kappa shape index (κ2) is 7.63. The normalized spacial score (nSPS) is 15.8. The van der Waals surface area contributed by atoms with Crippen LogP contribution in [0.3, 0.4) is 0 Å². The number of nitrogens with one attached hydrogen (secondary N) is 1. The van der Waals surface area contributed by atoms with Crippen LogP contribution in [0.5, 0.6) is 11.6 Å². The van der Waals surface area contributed by atoms with Crippen LogP contribution >= 0.6 is 15.9 Å². The number of nitrogens with two attached hydrogens (primary N) is 1. The lowest BCUT2D eigenvalue weighted by atomic mass is 10.2. The Labute approximate surface area is 165 Å². The van der Waals surface area contributed by atoms with Crippen molar-refractivity contribution in [3.05, 3.63) is 41.3 Å². The topological polar surface area (TPSA) is 92.4 Å². The third-order valence-corrected chi connectivity index (χ3v) is 5.19. The van der Waals surface area contributed by atoms with Crippen molar-refractivity contribution in [1.82, 2.24) is 24.9 Å². The van der Waals surface area contributed by atoms with Gasteiger partial charge in [-0.3, -0.25) is 4.98 Å². The lowest BCUT2D eigenvalue weighted by Crippen LogP contribution is -2.47. The minimum atomic E-state index is 0.302. The van der Waals surface area contributed by atoms with E-state index < -0.39 is 0 Å². The largest absolute Gasteiger partial charge is 0.435 e. The quantitative estimate of drug-likeness (QED) is 0.653. The zero-order valence-corrected chi connectivity index (χ0v) is 16.5. The molecular weight excluding hydrogens is 410 g/mol. The minimum Gasteiger partial charge on any atom is -0.435 e. The van der Waals surface area contributed by atoms with E-state index in [0.29, 0.717) is 23.1 Å². The molecule has 3 heterocycles. The number of hydrogen-bond donors (Lipinski definition) is 2. The highest BCUT2D eigenvalue weighted by atomic mass is 79.9. The number of hydrogen-bond acceptors (Lipinski definition) is 8. The summed E-state index contributed by atoms with van der Waals surface area (Å²) in [5.41, 5.74) is 10.6. The number of hydrazine groups is 1. The molecule has 0 amide bonds. The maximum Gasteiger partial charge on any atom is 0.248 e. The minimum absolute atomic E-state index is 0.302. The van der Waals surface area contributed by atoms with E-state index >= 15 is 0 Å². The van der Waals surface area contributed by atoms with Crippen LogP contribution in [0, 0.1) is 0 Å². The van der Waals surface area contributed by atoms with E-state index in [0.717, 1.165) is 41.6 Å². The molecule has 3 aromatic rings. The molecule has 3 N–H and O–H groups in total. The van der Waals surface area contributed by atoms with E-state index in [-0.39, 0.29) is 0 Å². The highest BCUT2D eigenvalue weighted by Crippen LogP contribution is 2.35. The Bertz CT molecular complexity index is 960. The van der Waals surface area contributed by atoms with Gasteiger partial charge in [0.15, 0.2) is 11.6 Å². The average molecular weight is 430 g/mol. The van der Waals surface area contributed by atoms with Gasteiger partial charge in [-0.2, -0.15) is 4.98 Å². The zero-order valence-electron chi connectivity index (χ0n) is 14.9. The number of rotatable bonds is 4. The molecule has 9 heteroatoms. The molecule has 4 rings (SSSR count). The summed E-state index contributed by atoms with van der Waals surface area (Å²) in [7, 11) is 2.11. The van der Waals surface area contributed by atoms with Gasteiger partial charge in [0.05, 0.1) is 0 Å². The standard InChI is InChI=1S/C18H20BrN7O/c1-25-7-9-26(10-8-25)24-17-15(20)18(23-11-22-17)27-14-5-4-13(19)12-3-2-6-21-16(12)14/h2-6,11H,7-10,20H2,1H3,(H,22,23,24). The molecule has 0 atom stereocenters. The van der Waals surface area contributed by atoms with Crippen molar-refractivity contribution in [3.63, 3.8) is 0 Å². The molecule has 0 saturated carbocycles. The summed E-state index contributed by atoms with van der Waals surface area (Å²) in [4.78, 5) is 15.2. The van der Waals surface area contributed by atoms with Crippen LogP contribution in [0.15, 0.2) is 41.3 Å². The molecular formula is C18H20BrN7O. The van der Waals surface area contributed by atoms with Crippen LogP contribution < -0.4 is 15.9 Å². The summed E-state index contributed by atoms with van der Waals surface area (Å²) in [6.45, 7) is 3.74. The second-order valence-corrected chi connectivity index (χ2v) is 7.24. The molecule has 0 unspecified atom stereocenters. The van der Waals surface area contributed by atoms with Crippen LogP contribution in [0.25, 0.3) is 10.9 Å². The molecule has 0 spiro atoms. The molecule has 0 bridgehead atoms. The highest BCUT2D eigenvalue weighted by Gasteiger charge is 2.18. The highest BCUT2D eigenvalue weighted by molar-refractivity contribution is 9.10. The molecule has 0 radical (unpaired) electrons.